The Morgan fingerprint density at radius 3 is 2.62 bits per heavy atom. The Balaban J connectivity index is 2.20. The van der Waals surface area contributed by atoms with Gasteiger partial charge in [-0.05, 0) is 24.3 Å². The third kappa shape index (κ3) is 2.89. The third-order valence-electron chi connectivity index (χ3n) is 3.43. The number of carbonyl (C=O) groups is 2. The van der Waals surface area contributed by atoms with E-state index in [9.17, 15) is 24.3 Å². The number of nitriles is 1. The van der Waals surface area contributed by atoms with Gasteiger partial charge in [0.05, 0.1) is 5.39 Å². The summed E-state index contributed by atoms with van der Waals surface area (Å²) in [6.45, 7) is -0.700. The smallest absolute Gasteiger partial charge is 0.322 e. The molecule has 3 rings (SSSR count). The number of carboxylic acid groups (broad SMARTS) is 1. The molecule has 2 aromatic heterocycles. The first kappa shape index (κ1) is 16.8. The first-order valence-corrected chi connectivity index (χ1v) is 7.10. The van der Waals surface area contributed by atoms with Crippen LogP contribution >= 0.6 is 0 Å². The zero-order chi connectivity index (χ0) is 18.8. The number of nitrogens with zero attached hydrogens (tertiary/aromatic N) is 3. The molecule has 0 fully saturated rings. The summed E-state index contributed by atoms with van der Waals surface area (Å²) in [5, 5.41) is 34.0. The van der Waals surface area contributed by atoms with Crippen molar-refractivity contribution in [3.05, 3.63) is 41.5 Å². The van der Waals surface area contributed by atoms with Gasteiger partial charge < -0.3 is 20.1 Å². The van der Waals surface area contributed by atoms with Crippen molar-refractivity contribution < 1.29 is 28.7 Å². The lowest BCUT2D eigenvalue weighted by Gasteiger charge is -2.06. The van der Waals surface area contributed by atoms with Crippen molar-refractivity contribution in [2.24, 2.45) is 0 Å². The fourth-order valence-electron chi connectivity index (χ4n) is 2.28. The molecule has 1 aromatic carbocycles. The molecule has 0 bridgehead atoms. The van der Waals surface area contributed by atoms with Crippen LogP contribution in [0.1, 0.15) is 16.2 Å². The third-order valence-corrected chi connectivity index (χ3v) is 3.43. The molecule has 0 aliphatic rings. The maximum Gasteiger partial charge on any atom is 0.322 e. The van der Waals surface area contributed by atoms with Crippen LogP contribution in [0, 0.1) is 17.1 Å². The molecule has 0 spiro atoms. The lowest BCUT2D eigenvalue weighted by atomic mass is 10.1. The highest BCUT2D eigenvalue weighted by molar-refractivity contribution is 6.06. The van der Waals surface area contributed by atoms with Gasteiger partial charge in [0.1, 0.15) is 24.1 Å². The molecule has 10 heteroatoms. The number of carbonyl (C=O) groups excluding carboxylic acids is 1. The molecule has 0 atom stereocenters. The van der Waals surface area contributed by atoms with Gasteiger partial charge in [0.15, 0.2) is 17.1 Å². The van der Waals surface area contributed by atoms with E-state index in [1.807, 2.05) is 5.32 Å². The van der Waals surface area contributed by atoms with E-state index in [1.165, 1.54) is 24.3 Å². The first-order valence-electron chi connectivity index (χ1n) is 7.10. The first-order chi connectivity index (χ1) is 12.4. The Morgan fingerprint density at radius 1 is 1.31 bits per heavy atom. The average molecular weight is 356 g/mol. The van der Waals surface area contributed by atoms with Gasteiger partial charge in [-0.3, -0.25) is 9.59 Å². The van der Waals surface area contributed by atoms with E-state index in [-0.39, 0.29) is 22.4 Å². The Kier molecular flexibility index (Phi) is 4.20. The summed E-state index contributed by atoms with van der Waals surface area (Å²) in [7, 11) is 0. The Labute approximate surface area is 144 Å². The van der Waals surface area contributed by atoms with Crippen molar-refractivity contribution in [2.45, 2.75) is 0 Å². The second kappa shape index (κ2) is 6.48. The Bertz CT molecular complexity index is 1070. The fraction of sp³-hybridized carbons (Fsp3) is 0.0625. The van der Waals surface area contributed by atoms with Gasteiger partial charge in [0.2, 0.25) is 5.58 Å². The number of aliphatic carboxylic acids is 1. The molecule has 0 radical (unpaired) electrons. The number of halogens is 1. The van der Waals surface area contributed by atoms with Crippen molar-refractivity contribution in [1.29, 1.82) is 5.26 Å². The van der Waals surface area contributed by atoms with Crippen LogP contribution in [0.4, 0.5) is 4.39 Å². The van der Waals surface area contributed by atoms with Crippen LogP contribution in [0.2, 0.25) is 0 Å². The molecule has 0 unspecified atom stereocenters. The number of aromatic hydroxyl groups is 1. The summed E-state index contributed by atoms with van der Waals surface area (Å²) >= 11 is 0. The highest BCUT2D eigenvalue weighted by Gasteiger charge is 2.25. The van der Waals surface area contributed by atoms with Crippen LogP contribution < -0.4 is 5.32 Å². The zero-order valence-electron chi connectivity index (χ0n) is 12.9. The molecular formula is C16H9FN4O5. The minimum atomic E-state index is -1.29. The van der Waals surface area contributed by atoms with Crippen LogP contribution in [-0.2, 0) is 4.79 Å². The van der Waals surface area contributed by atoms with Gasteiger partial charge in [-0.1, -0.05) is 5.16 Å². The normalized spacial score (nSPS) is 10.5. The second-order valence-corrected chi connectivity index (χ2v) is 5.09. The van der Waals surface area contributed by atoms with Crippen molar-refractivity contribution in [2.75, 3.05) is 6.54 Å². The predicted octanol–water partition coefficient (Wildman–Crippen LogP) is 1.42. The van der Waals surface area contributed by atoms with E-state index in [1.54, 1.807) is 6.07 Å². The van der Waals surface area contributed by atoms with E-state index in [2.05, 4.69) is 10.1 Å². The van der Waals surface area contributed by atoms with E-state index in [0.717, 1.165) is 0 Å². The predicted molar refractivity (Wildman–Crippen MR) is 83.5 cm³/mol. The summed E-state index contributed by atoms with van der Waals surface area (Å²) in [5.41, 5.74) is -0.587. The van der Waals surface area contributed by atoms with Gasteiger partial charge in [-0.15, -0.1) is 0 Å². The van der Waals surface area contributed by atoms with Gasteiger partial charge in [0.25, 0.3) is 5.91 Å². The highest BCUT2D eigenvalue weighted by Crippen LogP contribution is 2.37. The lowest BCUT2D eigenvalue weighted by molar-refractivity contribution is -0.135. The lowest BCUT2D eigenvalue weighted by Crippen LogP contribution is -2.30. The van der Waals surface area contributed by atoms with Gasteiger partial charge in [-0.25, -0.2) is 9.37 Å². The van der Waals surface area contributed by atoms with E-state index in [0.29, 0.717) is 5.56 Å². The molecule has 130 valence electrons. The van der Waals surface area contributed by atoms with Gasteiger partial charge >= 0.3 is 5.97 Å². The van der Waals surface area contributed by atoms with Crippen LogP contribution in [0.15, 0.2) is 28.8 Å². The monoisotopic (exact) mass is 356 g/mol. The molecule has 0 aliphatic heterocycles. The minimum absolute atomic E-state index is 0.0661. The summed E-state index contributed by atoms with van der Waals surface area (Å²) < 4.78 is 18.2. The van der Waals surface area contributed by atoms with Crippen molar-refractivity contribution in [3.63, 3.8) is 0 Å². The molecule has 26 heavy (non-hydrogen) atoms. The van der Waals surface area contributed by atoms with Crippen molar-refractivity contribution in [3.8, 4) is 23.1 Å². The molecule has 1 amide bonds. The number of amides is 1. The number of hydrogen-bond acceptors (Lipinski definition) is 7. The maximum atomic E-state index is 13.1. The van der Waals surface area contributed by atoms with E-state index < -0.39 is 35.7 Å². The van der Waals surface area contributed by atoms with Gasteiger partial charge in [-0.2, -0.15) is 5.26 Å². The van der Waals surface area contributed by atoms with Crippen LogP contribution in [0.25, 0.3) is 22.2 Å². The molecule has 0 aliphatic carbocycles. The number of rotatable bonds is 4. The molecule has 2 heterocycles. The van der Waals surface area contributed by atoms with Gasteiger partial charge in [0, 0.05) is 5.56 Å². The number of benzene rings is 1. The van der Waals surface area contributed by atoms with E-state index in [4.69, 9.17) is 9.63 Å². The molecule has 3 aromatic rings. The van der Waals surface area contributed by atoms with Crippen molar-refractivity contribution >= 4 is 22.8 Å². The van der Waals surface area contributed by atoms with E-state index >= 15 is 0 Å². The zero-order valence-corrected chi connectivity index (χ0v) is 12.9. The number of pyridine rings is 1. The quantitative estimate of drug-likeness (QED) is 0.635. The standard InChI is InChI=1S/C16H9FN4O5/c17-8-3-1-7(2-4-8)12-11-14(24)13(16(25)19-6-10(22)23)20-9(5-18)15(11)26-21-12/h1-4,24H,6H2,(H,19,25)(H,22,23). The average Bonchev–Trinajstić information content (AvgIpc) is 3.06. The van der Waals surface area contributed by atoms with Crippen LogP contribution in [0.3, 0.4) is 0 Å². The Morgan fingerprint density at radius 2 is 2.00 bits per heavy atom. The number of hydrogen-bond donors (Lipinski definition) is 3. The van der Waals surface area contributed by atoms with Crippen molar-refractivity contribution in [1.82, 2.24) is 15.5 Å². The number of nitrogens with one attached hydrogen (secondary N) is 1. The second-order valence-electron chi connectivity index (χ2n) is 5.09. The maximum absolute atomic E-state index is 13.1. The Hall–Kier alpha value is -4.00. The molecule has 9 nitrogen and oxygen atoms in total. The summed E-state index contributed by atoms with van der Waals surface area (Å²) in [6, 6.07) is 6.81. The molecule has 0 saturated carbocycles. The summed E-state index contributed by atoms with van der Waals surface area (Å²) in [4.78, 5) is 26.4. The topological polar surface area (TPSA) is 149 Å². The number of fused-ring (bicyclic) bond motifs is 1. The summed E-state index contributed by atoms with van der Waals surface area (Å²) in [5.74, 6) is -3.41. The largest absolute Gasteiger partial charge is 0.505 e. The molecule has 0 saturated heterocycles. The SMILES string of the molecule is N#Cc1nc(C(=O)NCC(=O)O)c(O)c2c(-c3ccc(F)cc3)noc12. The molecular weight excluding hydrogens is 347 g/mol. The van der Waals surface area contributed by atoms with Crippen LogP contribution in [0.5, 0.6) is 5.75 Å². The van der Waals surface area contributed by atoms with Crippen LogP contribution in [-0.4, -0.2) is 38.8 Å². The fourth-order valence-corrected chi connectivity index (χ4v) is 2.28. The molecule has 3 N–H and O–H groups in total. The number of aromatic nitrogens is 2. The highest BCUT2D eigenvalue weighted by atomic mass is 19.1. The minimum Gasteiger partial charge on any atom is -0.505 e. The summed E-state index contributed by atoms with van der Waals surface area (Å²) in [6.07, 6.45) is 0. The number of carboxylic acids is 1.